The summed E-state index contributed by atoms with van der Waals surface area (Å²) < 4.78 is 18.0. The highest BCUT2D eigenvalue weighted by molar-refractivity contribution is 5.22. The Morgan fingerprint density at radius 1 is 1.26 bits per heavy atom. The Hall–Kier alpha value is -1.17. The van der Waals surface area contributed by atoms with Crippen molar-refractivity contribution in [1.29, 1.82) is 0 Å². The number of hydrogen-bond acceptors (Lipinski definition) is 4. The summed E-state index contributed by atoms with van der Waals surface area (Å²) in [7, 11) is 0. The maximum atomic E-state index is 12.7. The molecule has 4 nitrogen and oxygen atoms in total. The number of hydrogen-bond donors (Lipinski definition) is 3. The average molecular weight is 271 g/mol. The molecular weight excluding hydrogens is 249 g/mol. The van der Waals surface area contributed by atoms with Crippen LogP contribution in [0.25, 0.3) is 0 Å². The van der Waals surface area contributed by atoms with Gasteiger partial charge in [0.15, 0.2) is 0 Å². The predicted molar refractivity (Wildman–Crippen MR) is 71.6 cm³/mol. The average Bonchev–Trinajstić information content (AvgIpc) is 2.43. The van der Waals surface area contributed by atoms with E-state index in [2.05, 4.69) is 5.32 Å². The van der Waals surface area contributed by atoms with Crippen LogP contribution in [0.2, 0.25) is 0 Å². The number of nitrogens with one attached hydrogen (secondary N) is 1. The van der Waals surface area contributed by atoms with Crippen LogP contribution in [0.3, 0.4) is 0 Å². The molecule has 3 N–H and O–H groups in total. The number of rotatable bonds is 8. The van der Waals surface area contributed by atoms with Gasteiger partial charge >= 0.3 is 0 Å². The minimum absolute atomic E-state index is 0.107. The summed E-state index contributed by atoms with van der Waals surface area (Å²) in [6.45, 7) is 4.51. The lowest BCUT2D eigenvalue weighted by Gasteiger charge is -2.21. The molecule has 0 aromatic heterocycles. The summed E-state index contributed by atoms with van der Waals surface area (Å²) >= 11 is 0. The third-order valence-corrected chi connectivity index (χ3v) is 3.07. The molecule has 0 spiro atoms. The van der Waals surface area contributed by atoms with Gasteiger partial charge in [0.2, 0.25) is 0 Å². The van der Waals surface area contributed by atoms with Gasteiger partial charge in [-0.3, -0.25) is 0 Å². The first-order valence-corrected chi connectivity index (χ1v) is 6.43. The maximum Gasteiger partial charge on any atom is 0.123 e. The molecule has 19 heavy (non-hydrogen) atoms. The van der Waals surface area contributed by atoms with Crippen LogP contribution in [0.4, 0.5) is 4.39 Å². The first-order valence-electron chi connectivity index (χ1n) is 6.43. The Morgan fingerprint density at radius 2 is 1.89 bits per heavy atom. The smallest absolute Gasteiger partial charge is 0.123 e. The molecular formula is C14H22FNO3. The molecule has 0 saturated heterocycles. The third-order valence-electron chi connectivity index (χ3n) is 3.07. The van der Waals surface area contributed by atoms with Gasteiger partial charge < -0.3 is 20.3 Å². The molecule has 5 heteroatoms. The highest BCUT2D eigenvalue weighted by atomic mass is 19.1. The topological polar surface area (TPSA) is 61.7 Å². The van der Waals surface area contributed by atoms with E-state index in [9.17, 15) is 9.50 Å². The second kappa shape index (κ2) is 8.09. The first-order chi connectivity index (χ1) is 9.02. The van der Waals surface area contributed by atoms with Gasteiger partial charge in [0, 0.05) is 19.2 Å². The Bertz CT molecular complexity index is 358. The van der Waals surface area contributed by atoms with Crippen LogP contribution in [0.15, 0.2) is 24.3 Å². The molecule has 108 valence electrons. The summed E-state index contributed by atoms with van der Waals surface area (Å²) in [5, 5.41) is 21.9. The second-order valence-corrected chi connectivity index (χ2v) is 4.78. The standard InChI is InChI=1S/C14H22FNO3/c1-10(8-17)11(2)16-7-13(18)9-19-14-5-3-12(15)4-6-14/h3-6,10-11,13,16-18H,7-9H2,1-2H3. The zero-order chi connectivity index (χ0) is 14.3. The molecule has 0 aliphatic carbocycles. The van der Waals surface area contributed by atoms with Crippen LogP contribution in [-0.4, -0.2) is 42.1 Å². The van der Waals surface area contributed by atoms with Crippen LogP contribution in [0, 0.1) is 11.7 Å². The molecule has 0 saturated carbocycles. The molecule has 0 radical (unpaired) electrons. The van der Waals surface area contributed by atoms with Crippen molar-refractivity contribution in [3.8, 4) is 5.75 Å². The Labute approximate surface area is 113 Å². The number of aliphatic hydroxyl groups excluding tert-OH is 2. The molecule has 0 heterocycles. The summed E-state index contributed by atoms with van der Waals surface area (Å²) in [5.41, 5.74) is 0. The van der Waals surface area contributed by atoms with Gasteiger partial charge in [0.1, 0.15) is 24.3 Å². The van der Waals surface area contributed by atoms with Gasteiger partial charge in [0.05, 0.1) is 0 Å². The second-order valence-electron chi connectivity index (χ2n) is 4.78. The van der Waals surface area contributed by atoms with Gasteiger partial charge in [-0.25, -0.2) is 4.39 Å². The largest absolute Gasteiger partial charge is 0.491 e. The van der Waals surface area contributed by atoms with Crippen molar-refractivity contribution in [2.75, 3.05) is 19.8 Å². The fourth-order valence-corrected chi connectivity index (χ4v) is 1.46. The summed E-state index contributed by atoms with van der Waals surface area (Å²) in [6, 6.07) is 5.78. The number of aliphatic hydroxyl groups is 2. The van der Waals surface area contributed by atoms with Crippen molar-refractivity contribution in [3.63, 3.8) is 0 Å². The fourth-order valence-electron chi connectivity index (χ4n) is 1.46. The Balaban J connectivity index is 2.24. The van der Waals surface area contributed by atoms with Crippen molar-refractivity contribution in [1.82, 2.24) is 5.32 Å². The summed E-state index contributed by atoms with van der Waals surface area (Å²) in [6.07, 6.45) is -0.654. The van der Waals surface area contributed by atoms with E-state index in [1.165, 1.54) is 24.3 Å². The van der Waals surface area contributed by atoms with Crippen molar-refractivity contribution in [3.05, 3.63) is 30.1 Å². The molecule has 1 aromatic rings. The van der Waals surface area contributed by atoms with E-state index in [0.717, 1.165) is 0 Å². The molecule has 1 rings (SSSR count). The van der Waals surface area contributed by atoms with Crippen LogP contribution in [-0.2, 0) is 0 Å². The normalized spacial score (nSPS) is 15.8. The lowest BCUT2D eigenvalue weighted by Crippen LogP contribution is -2.40. The number of ether oxygens (including phenoxy) is 1. The van der Waals surface area contributed by atoms with Gasteiger partial charge in [-0.2, -0.15) is 0 Å². The van der Waals surface area contributed by atoms with E-state index < -0.39 is 6.10 Å². The number of halogens is 1. The van der Waals surface area contributed by atoms with E-state index >= 15 is 0 Å². The van der Waals surface area contributed by atoms with E-state index in [1.54, 1.807) is 0 Å². The number of benzene rings is 1. The van der Waals surface area contributed by atoms with Crippen molar-refractivity contribution in [2.45, 2.75) is 26.0 Å². The van der Waals surface area contributed by atoms with Crippen LogP contribution >= 0.6 is 0 Å². The predicted octanol–water partition coefficient (Wildman–Crippen LogP) is 1.17. The van der Waals surface area contributed by atoms with Gasteiger partial charge in [-0.1, -0.05) is 6.92 Å². The molecule has 3 atom stereocenters. The van der Waals surface area contributed by atoms with E-state index in [4.69, 9.17) is 9.84 Å². The fraction of sp³-hybridized carbons (Fsp3) is 0.571. The maximum absolute atomic E-state index is 12.7. The lowest BCUT2D eigenvalue weighted by atomic mass is 10.1. The molecule has 0 aliphatic rings. The third kappa shape index (κ3) is 6.00. The van der Waals surface area contributed by atoms with Crippen LogP contribution < -0.4 is 10.1 Å². The van der Waals surface area contributed by atoms with Gasteiger partial charge in [0.25, 0.3) is 0 Å². The van der Waals surface area contributed by atoms with Crippen molar-refractivity contribution < 1.29 is 19.3 Å². The van der Waals surface area contributed by atoms with E-state index in [1.807, 2.05) is 13.8 Å². The Kier molecular flexibility index (Phi) is 6.77. The zero-order valence-corrected chi connectivity index (χ0v) is 11.3. The Morgan fingerprint density at radius 3 is 2.47 bits per heavy atom. The highest BCUT2D eigenvalue weighted by Gasteiger charge is 2.12. The monoisotopic (exact) mass is 271 g/mol. The van der Waals surface area contributed by atoms with E-state index in [-0.39, 0.29) is 31.0 Å². The van der Waals surface area contributed by atoms with Crippen LogP contribution in [0.5, 0.6) is 5.75 Å². The minimum atomic E-state index is -0.654. The SMILES string of the molecule is CC(CO)C(C)NCC(O)COc1ccc(F)cc1. The zero-order valence-electron chi connectivity index (χ0n) is 11.3. The molecule has 0 amide bonds. The molecule has 3 unspecified atom stereocenters. The molecule has 0 aliphatic heterocycles. The lowest BCUT2D eigenvalue weighted by molar-refractivity contribution is 0.0992. The minimum Gasteiger partial charge on any atom is -0.491 e. The van der Waals surface area contributed by atoms with Gasteiger partial charge in [-0.15, -0.1) is 0 Å². The quantitative estimate of drug-likeness (QED) is 0.664. The summed E-state index contributed by atoms with van der Waals surface area (Å²) in [5.74, 6) is 0.337. The van der Waals surface area contributed by atoms with Crippen molar-refractivity contribution in [2.24, 2.45) is 5.92 Å². The first kappa shape index (κ1) is 15.9. The van der Waals surface area contributed by atoms with Crippen molar-refractivity contribution >= 4 is 0 Å². The van der Waals surface area contributed by atoms with E-state index in [0.29, 0.717) is 12.3 Å². The van der Waals surface area contributed by atoms with Crippen LogP contribution in [0.1, 0.15) is 13.8 Å². The molecule has 0 bridgehead atoms. The molecule has 1 aromatic carbocycles. The highest BCUT2D eigenvalue weighted by Crippen LogP contribution is 2.11. The van der Waals surface area contributed by atoms with Gasteiger partial charge in [-0.05, 0) is 37.1 Å². The summed E-state index contributed by atoms with van der Waals surface area (Å²) in [4.78, 5) is 0. The molecule has 0 fully saturated rings.